The van der Waals surface area contributed by atoms with Gasteiger partial charge in [-0.3, -0.25) is 4.79 Å². The minimum atomic E-state index is -0.0766. The van der Waals surface area contributed by atoms with E-state index in [2.05, 4.69) is 31.5 Å². The monoisotopic (exact) mass is 443 g/mol. The first kappa shape index (κ1) is 18.4. The minimum absolute atomic E-state index is 0.0766. The summed E-state index contributed by atoms with van der Waals surface area (Å²) < 4.78 is 13.1. The molecule has 0 atom stereocenters. The molecule has 2 heterocycles. The van der Waals surface area contributed by atoms with Gasteiger partial charge in [0, 0.05) is 17.6 Å². The van der Waals surface area contributed by atoms with Gasteiger partial charge >= 0.3 is 0 Å². The summed E-state index contributed by atoms with van der Waals surface area (Å²) in [6.07, 6.45) is 2.22. The van der Waals surface area contributed by atoms with Crippen LogP contribution in [0.25, 0.3) is 5.69 Å². The van der Waals surface area contributed by atoms with Crippen molar-refractivity contribution in [2.45, 2.75) is 13.0 Å². The summed E-state index contributed by atoms with van der Waals surface area (Å²) in [4.78, 5) is 15.1. The third-order valence-corrected chi connectivity index (χ3v) is 5.28. The van der Waals surface area contributed by atoms with Crippen LogP contribution in [-0.4, -0.2) is 51.8 Å². The minimum Gasteiger partial charge on any atom is -0.493 e. The average Bonchev–Trinajstić information content (AvgIpc) is 3.26. The number of nitrogens with zero attached hydrogens (tertiary/aromatic N) is 5. The Morgan fingerprint density at radius 2 is 1.86 bits per heavy atom. The van der Waals surface area contributed by atoms with Crippen molar-refractivity contribution in [3.8, 4) is 17.2 Å². The number of aromatic nitrogens is 4. The van der Waals surface area contributed by atoms with E-state index in [0.717, 1.165) is 22.0 Å². The first-order valence-electron chi connectivity index (χ1n) is 8.66. The molecule has 0 saturated carbocycles. The number of fused-ring (bicyclic) bond motifs is 1. The Bertz CT molecular complexity index is 1020. The molecule has 9 heteroatoms. The predicted molar refractivity (Wildman–Crippen MR) is 105 cm³/mol. The molecule has 1 amide bonds. The summed E-state index contributed by atoms with van der Waals surface area (Å²) in [6.45, 7) is 1.11. The van der Waals surface area contributed by atoms with E-state index in [1.165, 1.54) is 11.0 Å². The van der Waals surface area contributed by atoms with Crippen molar-refractivity contribution in [1.82, 2.24) is 25.1 Å². The lowest BCUT2D eigenvalue weighted by Gasteiger charge is -2.30. The first-order chi connectivity index (χ1) is 13.6. The number of halogens is 1. The zero-order valence-electron chi connectivity index (χ0n) is 15.4. The molecular formula is C19H18BrN5O3. The third-order valence-electron chi connectivity index (χ3n) is 4.79. The van der Waals surface area contributed by atoms with Gasteiger partial charge in [-0.2, -0.15) is 4.68 Å². The highest BCUT2D eigenvalue weighted by atomic mass is 79.9. The van der Waals surface area contributed by atoms with Crippen LogP contribution in [0.3, 0.4) is 0 Å². The van der Waals surface area contributed by atoms with Gasteiger partial charge in [0.2, 0.25) is 0 Å². The lowest BCUT2D eigenvalue weighted by Crippen LogP contribution is -2.36. The Balaban J connectivity index is 1.67. The summed E-state index contributed by atoms with van der Waals surface area (Å²) in [5.41, 5.74) is 3.38. The lowest BCUT2D eigenvalue weighted by molar-refractivity contribution is 0.0734. The summed E-state index contributed by atoms with van der Waals surface area (Å²) in [6, 6.07) is 9.40. The number of hydrogen-bond donors (Lipinski definition) is 0. The van der Waals surface area contributed by atoms with Crippen LogP contribution in [0.2, 0.25) is 0 Å². The molecule has 0 N–H and O–H groups in total. The molecule has 28 heavy (non-hydrogen) atoms. The van der Waals surface area contributed by atoms with Crippen LogP contribution in [0.5, 0.6) is 11.5 Å². The van der Waals surface area contributed by atoms with Crippen molar-refractivity contribution in [3.63, 3.8) is 0 Å². The molecule has 0 unspecified atom stereocenters. The van der Waals surface area contributed by atoms with Gasteiger partial charge in [-0.1, -0.05) is 15.9 Å². The number of rotatable bonds is 4. The van der Waals surface area contributed by atoms with E-state index in [-0.39, 0.29) is 5.91 Å². The number of carbonyl (C=O) groups is 1. The maximum Gasteiger partial charge on any atom is 0.256 e. The average molecular weight is 444 g/mol. The van der Waals surface area contributed by atoms with Gasteiger partial charge in [0.25, 0.3) is 5.91 Å². The molecule has 4 rings (SSSR count). The van der Waals surface area contributed by atoms with Gasteiger partial charge in [-0.05, 0) is 58.3 Å². The van der Waals surface area contributed by atoms with Crippen molar-refractivity contribution in [2.75, 3.05) is 20.8 Å². The Hall–Kier alpha value is -2.94. The molecule has 3 aromatic rings. The number of benzene rings is 2. The molecule has 1 aliphatic heterocycles. The standard InChI is InChI=1S/C19H18BrN5O3/c1-27-17-7-12-5-6-24(10-13(12)8-18(17)28-2)19(26)15-9-14(20)3-4-16(15)25-11-21-22-23-25/h3-4,7-9,11H,5-6,10H2,1-2H3. The fraction of sp³-hybridized carbons (Fsp3) is 0.263. The second-order valence-electron chi connectivity index (χ2n) is 6.37. The highest BCUT2D eigenvalue weighted by Gasteiger charge is 2.26. The van der Waals surface area contributed by atoms with E-state index in [0.29, 0.717) is 35.8 Å². The Morgan fingerprint density at radius 3 is 2.54 bits per heavy atom. The quantitative estimate of drug-likeness (QED) is 0.616. The smallest absolute Gasteiger partial charge is 0.256 e. The topological polar surface area (TPSA) is 82.4 Å². The second-order valence-corrected chi connectivity index (χ2v) is 7.28. The number of tetrazole rings is 1. The highest BCUT2D eigenvalue weighted by molar-refractivity contribution is 9.10. The molecule has 1 aromatic heterocycles. The van der Waals surface area contributed by atoms with Gasteiger partial charge < -0.3 is 14.4 Å². The fourth-order valence-corrected chi connectivity index (χ4v) is 3.74. The molecule has 144 valence electrons. The molecule has 8 nitrogen and oxygen atoms in total. The van der Waals surface area contributed by atoms with Crippen molar-refractivity contribution < 1.29 is 14.3 Å². The van der Waals surface area contributed by atoms with Crippen LogP contribution in [0.1, 0.15) is 21.5 Å². The Morgan fingerprint density at radius 1 is 1.11 bits per heavy atom. The molecule has 0 aliphatic carbocycles. The van der Waals surface area contributed by atoms with Crippen molar-refractivity contribution >= 4 is 21.8 Å². The van der Waals surface area contributed by atoms with Gasteiger partial charge in [-0.15, -0.1) is 5.10 Å². The molecule has 0 bridgehead atoms. The van der Waals surface area contributed by atoms with Crippen molar-refractivity contribution in [1.29, 1.82) is 0 Å². The Labute approximate surface area is 170 Å². The van der Waals surface area contributed by atoms with Crippen LogP contribution >= 0.6 is 15.9 Å². The molecule has 0 fully saturated rings. The van der Waals surface area contributed by atoms with E-state index in [1.54, 1.807) is 20.3 Å². The van der Waals surface area contributed by atoms with Crippen LogP contribution in [0, 0.1) is 0 Å². The second kappa shape index (κ2) is 7.59. The largest absolute Gasteiger partial charge is 0.493 e. The zero-order valence-corrected chi connectivity index (χ0v) is 17.0. The van der Waals surface area contributed by atoms with Crippen molar-refractivity contribution in [3.05, 3.63) is 57.8 Å². The van der Waals surface area contributed by atoms with Crippen LogP contribution in [0.4, 0.5) is 0 Å². The van der Waals surface area contributed by atoms with Gasteiger partial charge in [0.05, 0.1) is 25.5 Å². The number of ether oxygens (including phenoxy) is 2. The van der Waals surface area contributed by atoms with Crippen LogP contribution in [0.15, 0.2) is 41.1 Å². The highest BCUT2D eigenvalue weighted by Crippen LogP contribution is 2.34. The molecule has 1 aliphatic rings. The van der Waals surface area contributed by atoms with Gasteiger partial charge in [-0.25, -0.2) is 0 Å². The van der Waals surface area contributed by atoms with Gasteiger partial charge in [0.15, 0.2) is 11.5 Å². The maximum absolute atomic E-state index is 13.3. The van der Waals surface area contributed by atoms with Crippen LogP contribution < -0.4 is 9.47 Å². The number of hydrogen-bond acceptors (Lipinski definition) is 6. The van der Waals surface area contributed by atoms with E-state index in [9.17, 15) is 4.79 Å². The van der Waals surface area contributed by atoms with Crippen molar-refractivity contribution in [2.24, 2.45) is 0 Å². The molecular weight excluding hydrogens is 426 g/mol. The number of carbonyl (C=O) groups excluding carboxylic acids is 1. The van der Waals surface area contributed by atoms with E-state index in [4.69, 9.17) is 9.47 Å². The molecule has 0 spiro atoms. The van der Waals surface area contributed by atoms with Crippen LogP contribution in [-0.2, 0) is 13.0 Å². The third kappa shape index (κ3) is 3.33. The number of amides is 1. The SMILES string of the molecule is COc1cc2c(cc1OC)CN(C(=O)c1cc(Br)ccc1-n1cnnn1)CC2. The molecule has 0 radical (unpaired) electrons. The van der Waals surface area contributed by atoms with E-state index >= 15 is 0 Å². The predicted octanol–water partition coefficient (Wildman–Crippen LogP) is 2.64. The Kier molecular flexibility index (Phi) is 4.99. The fourth-order valence-electron chi connectivity index (χ4n) is 3.38. The zero-order chi connectivity index (χ0) is 19.7. The summed E-state index contributed by atoms with van der Waals surface area (Å²) >= 11 is 3.45. The molecule has 0 saturated heterocycles. The first-order valence-corrected chi connectivity index (χ1v) is 9.46. The summed E-state index contributed by atoms with van der Waals surface area (Å²) in [5, 5.41) is 11.3. The number of methoxy groups -OCH3 is 2. The van der Waals surface area contributed by atoms with Gasteiger partial charge in [0.1, 0.15) is 6.33 Å². The summed E-state index contributed by atoms with van der Waals surface area (Å²) in [5.74, 6) is 1.29. The molecule has 2 aromatic carbocycles. The lowest BCUT2D eigenvalue weighted by atomic mass is 9.98. The van der Waals surface area contributed by atoms with E-state index in [1.807, 2.05) is 29.2 Å². The van der Waals surface area contributed by atoms with E-state index < -0.39 is 0 Å². The summed E-state index contributed by atoms with van der Waals surface area (Å²) in [7, 11) is 3.23. The maximum atomic E-state index is 13.3. The normalized spacial score (nSPS) is 13.2.